The number of aliphatic hydroxyl groups excluding tert-OH is 1. The van der Waals surface area contributed by atoms with Crippen LogP contribution in [0.1, 0.15) is 62.3 Å². The smallest absolute Gasteiger partial charge is 0.295 e. The summed E-state index contributed by atoms with van der Waals surface area (Å²) in [7, 11) is 0. The first-order valence-corrected chi connectivity index (χ1v) is 11.6. The lowest BCUT2D eigenvalue weighted by Crippen LogP contribution is -2.37. The number of Topliss-reactive ketones (excluding diaryl/α,β-unsaturated/α-hetero) is 1. The Morgan fingerprint density at radius 3 is 2.48 bits per heavy atom. The molecular formula is C27H31NO5. The molecule has 2 aliphatic rings. The molecule has 0 bridgehead atoms. The van der Waals surface area contributed by atoms with Crippen molar-refractivity contribution in [2.75, 3.05) is 6.61 Å². The number of nitrogens with zero attached hydrogens (tertiary/aromatic N) is 1. The minimum Gasteiger partial charge on any atom is -0.508 e. The van der Waals surface area contributed by atoms with Crippen molar-refractivity contribution in [1.29, 1.82) is 0 Å². The second-order valence-corrected chi connectivity index (χ2v) is 9.42. The zero-order valence-electron chi connectivity index (χ0n) is 19.4. The molecule has 1 aliphatic carbocycles. The fraction of sp³-hybridized carbons (Fsp3) is 0.407. The van der Waals surface area contributed by atoms with Crippen LogP contribution in [-0.4, -0.2) is 39.5 Å². The second kappa shape index (κ2) is 9.30. The summed E-state index contributed by atoms with van der Waals surface area (Å²) in [5.74, 6) is -0.342. The van der Waals surface area contributed by atoms with E-state index in [-0.39, 0.29) is 23.1 Å². The quantitative estimate of drug-likeness (QED) is 0.364. The van der Waals surface area contributed by atoms with E-state index >= 15 is 0 Å². The largest absolute Gasteiger partial charge is 0.508 e. The van der Waals surface area contributed by atoms with Gasteiger partial charge in [0.05, 0.1) is 18.2 Å². The maximum Gasteiger partial charge on any atom is 0.295 e. The fourth-order valence-electron chi connectivity index (χ4n) is 4.80. The molecule has 0 radical (unpaired) electrons. The van der Waals surface area contributed by atoms with E-state index in [4.69, 9.17) is 4.74 Å². The van der Waals surface area contributed by atoms with Crippen LogP contribution in [0.15, 0.2) is 48.0 Å². The lowest BCUT2D eigenvalue weighted by atomic mass is 9.94. The molecule has 4 rings (SSSR count). The molecule has 2 N–H and O–H groups in total. The number of hydrogen-bond acceptors (Lipinski definition) is 5. The van der Waals surface area contributed by atoms with Gasteiger partial charge in [0.15, 0.2) is 0 Å². The number of rotatable bonds is 6. The molecule has 0 spiro atoms. The van der Waals surface area contributed by atoms with Crippen LogP contribution >= 0.6 is 0 Å². The number of ketones is 1. The maximum atomic E-state index is 13.2. The van der Waals surface area contributed by atoms with Crippen molar-refractivity contribution in [3.8, 4) is 11.5 Å². The Morgan fingerprint density at radius 1 is 1.12 bits per heavy atom. The Morgan fingerprint density at radius 2 is 1.85 bits per heavy atom. The van der Waals surface area contributed by atoms with E-state index in [2.05, 4.69) is 13.8 Å². The Bertz CT molecular complexity index is 1100. The highest BCUT2D eigenvalue weighted by molar-refractivity contribution is 6.46. The number of phenols is 1. The number of benzene rings is 2. The SMILES string of the molecule is Cc1cc(/C(O)=C2/C(=O)C(=O)N(C3CCCC3)C2c2cccc(O)c2)ccc1OCC(C)C. The average molecular weight is 450 g/mol. The summed E-state index contributed by atoms with van der Waals surface area (Å²) < 4.78 is 5.83. The van der Waals surface area contributed by atoms with Crippen LogP contribution in [0.25, 0.3) is 5.76 Å². The van der Waals surface area contributed by atoms with Crippen LogP contribution in [0.2, 0.25) is 0 Å². The van der Waals surface area contributed by atoms with Gasteiger partial charge >= 0.3 is 0 Å². The molecule has 33 heavy (non-hydrogen) atoms. The fourth-order valence-corrected chi connectivity index (χ4v) is 4.80. The number of amides is 1. The van der Waals surface area contributed by atoms with Crippen LogP contribution in [0, 0.1) is 12.8 Å². The monoisotopic (exact) mass is 449 g/mol. The summed E-state index contributed by atoms with van der Waals surface area (Å²) >= 11 is 0. The molecule has 0 aromatic heterocycles. The number of ether oxygens (including phenoxy) is 1. The Balaban J connectivity index is 1.79. The van der Waals surface area contributed by atoms with E-state index in [9.17, 15) is 19.8 Å². The van der Waals surface area contributed by atoms with E-state index in [1.165, 1.54) is 0 Å². The van der Waals surface area contributed by atoms with Gasteiger partial charge in [-0.25, -0.2) is 0 Å². The van der Waals surface area contributed by atoms with Gasteiger partial charge in [0.2, 0.25) is 0 Å². The first-order chi connectivity index (χ1) is 15.8. The van der Waals surface area contributed by atoms with E-state index in [1.807, 2.05) is 6.92 Å². The van der Waals surface area contributed by atoms with Gasteiger partial charge in [-0.15, -0.1) is 0 Å². The van der Waals surface area contributed by atoms with Crippen molar-refractivity contribution >= 4 is 17.4 Å². The molecule has 1 saturated carbocycles. The number of likely N-dealkylation sites (tertiary alicyclic amines) is 1. The van der Waals surface area contributed by atoms with Gasteiger partial charge in [-0.1, -0.05) is 38.8 Å². The first-order valence-electron chi connectivity index (χ1n) is 11.6. The van der Waals surface area contributed by atoms with E-state index in [0.717, 1.165) is 37.0 Å². The van der Waals surface area contributed by atoms with Gasteiger partial charge in [-0.2, -0.15) is 0 Å². The van der Waals surface area contributed by atoms with E-state index in [0.29, 0.717) is 23.7 Å². The number of carbonyl (C=O) groups is 2. The summed E-state index contributed by atoms with van der Waals surface area (Å²) in [6.45, 7) is 6.60. The van der Waals surface area contributed by atoms with E-state index in [1.54, 1.807) is 47.4 Å². The van der Waals surface area contributed by atoms with Gasteiger partial charge in [0.25, 0.3) is 11.7 Å². The van der Waals surface area contributed by atoms with Crippen LogP contribution in [-0.2, 0) is 9.59 Å². The minimum absolute atomic E-state index is 0.0482. The molecule has 1 saturated heterocycles. The summed E-state index contributed by atoms with van der Waals surface area (Å²) in [6.07, 6.45) is 3.64. The van der Waals surface area contributed by atoms with Gasteiger partial charge in [-0.3, -0.25) is 9.59 Å². The van der Waals surface area contributed by atoms with Crippen molar-refractivity contribution < 1.29 is 24.5 Å². The maximum absolute atomic E-state index is 13.2. The van der Waals surface area contributed by atoms with Crippen molar-refractivity contribution in [3.63, 3.8) is 0 Å². The summed E-state index contributed by atoms with van der Waals surface area (Å²) in [6, 6.07) is 11.0. The third kappa shape index (κ3) is 4.47. The summed E-state index contributed by atoms with van der Waals surface area (Å²) in [5, 5.41) is 21.4. The third-order valence-corrected chi connectivity index (χ3v) is 6.40. The predicted octanol–water partition coefficient (Wildman–Crippen LogP) is 5.10. The lowest BCUT2D eigenvalue weighted by molar-refractivity contribution is -0.141. The molecule has 1 aliphatic heterocycles. The van der Waals surface area contributed by atoms with Crippen LogP contribution in [0.4, 0.5) is 0 Å². The summed E-state index contributed by atoms with van der Waals surface area (Å²) in [5.41, 5.74) is 1.96. The number of aryl methyl sites for hydroxylation is 1. The average Bonchev–Trinajstić information content (AvgIpc) is 3.39. The highest BCUT2D eigenvalue weighted by Gasteiger charge is 2.49. The molecule has 174 valence electrons. The molecule has 1 amide bonds. The minimum atomic E-state index is -0.739. The van der Waals surface area contributed by atoms with Crippen LogP contribution < -0.4 is 4.74 Å². The number of phenolic OH excluding ortho intramolecular Hbond substituents is 1. The topological polar surface area (TPSA) is 87.1 Å². The molecule has 2 aromatic carbocycles. The highest BCUT2D eigenvalue weighted by atomic mass is 16.5. The predicted molar refractivity (Wildman–Crippen MR) is 126 cm³/mol. The van der Waals surface area contributed by atoms with Crippen molar-refractivity contribution in [1.82, 2.24) is 4.90 Å². The number of hydrogen-bond donors (Lipinski definition) is 2. The zero-order valence-corrected chi connectivity index (χ0v) is 19.4. The molecule has 6 heteroatoms. The third-order valence-electron chi connectivity index (χ3n) is 6.40. The van der Waals surface area contributed by atoms with E-state index < -0.39 is 17.7 Å². The van der Waals surface area contributed by atoms with Gasteiger partial charge in [0.1, 0.15) is 17.3 Å². The lowest BCUT2D eigenvalue weighted by Gasteiger charge is -2.30. The summed E-state index contributed by atoms with van der Waals surface area (Å²) in [4.78, 5) is 27.9. The standard InChI is InChI=1S/C27H31NO5/c1-16(2)15-33-22-12-11-19(13-17(22)3)25(30)23-24(18-7-6-10-21(29)14-18)28(27(32)26(23)31)20-8-4-5-9-20/h6-7,10-14,16,20,24,29-30H,4-5,8-9,15H2,1-3H3/b25-23-. The molecular weight excluding hydrogens is 418 g/mol. The first kappa shape index (κ1) is 22.9. The molecule has 1 atom stereocenters. The van der Waals surface area contributed by atoms with Crippen LogP contribution in [0.5, 0.6) is 11.5 Å². The number of aromatic hydroxyl groups is 1. The molecule has 6 nitrogen and oxygen atoms in total. The van der Waals surface area contributed by atoms with Crippen molar-refractivity contribution in [2.45, 2.75) is 58.5 Å². The molecule has 1 unspecified atom stereocenters. The molecule has 2 aromatic rings. The number of aliphatic hydroxyl groups is 1. The second-order valence-electron chi connectivity index (χ2n) is 9.42. The zero-order chi connectivity index (χ0) is 23.7. The number of carbonyl (C=O) groups excluding carboxylic acids is 2. The van der Waals surface area contributed by atoms with Crippen molar-refractivity contribution in [3.05, 3.63) is 64.7 Å². The van der Waals surface area contributed by atoms with Gasteiger partial charge in [-0.05, 0) is 67.1 Å². The molecule has 2 fully saturated rings. The Hall–Kier alpha value is -3.28. The van der Waals surface area contributed by atoms with Crippen LogP contribution in [0.3, 0.4) is 0 Å². The Labute approximate surface area is 194 Å². The van der Waals surface area contributed by atoms with Gasteiger partial charge in [0, 0.05) is 11.6 Å². The highest BCUT2D eigenvalue weighted by Crippen LogP contribution is 2.44. The Kier molecular flexibility index (Phi) is 6.45. The van der Waals surface area contributed by atoms with Crippen molar-refractivity contribution in [2.24, 2.45) is 5.92 Å². The molecule has 1 heterocycles. The van der Waals surface area contributed by atoms with Gasteiger partial charge < -0.3 is 19.8 Å². The normalized spacial score (nSPS) is 20.7.